The Kier molecular flexibility index (Phi) is 8.31. The normalized spacial score (nSPS) is 10.5. The third kappa shape index (κ3) is 6.42. The summed E-state index contributed by atoms with van der Waals surface area (Å²) in [5.41, 5.74) is 2.58. The van der Waals surface area contributed by atoms with E-state index >= 15 is 0 Å². The zero-order chi connectivity index (χ0) is 26.2. The number of nitro groups is 1. The van der Waals surface area contributed by atoms with Gasteiger partial charge < -0.3 is 14.8 Å². The van der Waals surface area contributed by atoms with Crippen molar-refractivity contribution in [2.45, 2.75) is 6.92 Å². The van der Waals surface area contributed by atoms with Gasteiger partial charge in [0.2, 0.25) is 11.7 Å². The molecule has 0 aliphatic rings. The Bertz CT molecular complexity index is 1360. The Morgan fingerprint density at radius 3 is 2.44 bits per heavy atom. The smallest absolute Gasteiger partial charge is 0.347 e. The van der Waals surface area contributed by atoms with Crippen LogP contribution in [0.3, 0.4) is 0 Å². The number of nitrogens with one attached hydrogen (secondary N) is 2. The van der Waals surface area contributed by atoms with Gasteiger partial charge in [-0.3, -0.25) is 19.7 Å². The van der Waals surface area contributed by atoms with Crippen LogP contribution in [0.4, 0.5) is 11.4 Å². The maximum Gasteiger partial charge on any atom is 0.347 e. The van der Waals surface area contributed by atoms with Crippen LogP contribution in [0.5, 0.6) is 11.5 Å². The number of carbonyl (C=O) groups excluding carboxylic acids is 3. The van der Waals surface area contributed by atoms with Crippen LogP contribution in [0.2, 0.25) is 5.02 Å². The Morgan fingerprint density at radius 1 is 1.08 bits per heavy atom. The molecule has 11 nitrogen and oxygen atoms in total. The van der Waals surface area contributed by atoms with Gasteiger partial charge in [-0.2, -0.15) is 5.10 Å². The lowest BCUT2D eigenvalue weighted by Gasteiger charge is -2.11. The van der Waals surface area contributed by atoms with Crippen molar-refractivity contribution < 1.29 is 28.8 Å². The van der Waals surface area contributed by atoms with Crippen molar-refractivity contribution in [1.29, 1.82) is 0 Å². The minimum absolute atomic E-state index is 0.0398. The lowest BCUT2D eigenvalue weighted by molar-refractivity contribution is -0.385. The molecule has 0 heterocycles. The van der Waals surface area contributed by atoms with Crippen LogP contribution in [-0.2, 0) is 4.79 Å². The first-order valence-electron chi connectivity index (χ1n) is 10.2. The number of para-hydroxylation sites is 1. The van der Waals surface area contributed by atoms with Crippen molar-refractivity contribution in [3.63, 3.8) is 0 Å². The van der Waals surface area contributed by atoms with Crippen molar-refractivity contribution in [2.75, 3.05) is 12.4 Å². The van der Waals surface area contributed by atoms with Crippen molar-refractivity contribution in [3.8, 4) is 11.5 Å². The number of nitro benzene ring substituents is 1. The van der Waals surface area contributed by atoms with Crippen LogP contribution < -0.4 is 20.2 Å². The van der Waals surface area contributed by atoms with Crippen LogP contribution in [0, 0.1) is 10.1 Å². The van der Waals surface area contributed by atoms with Gasteiger partial charge in [-0.25, -0.2) is 10.2 Å². The van der Waals surface area contributed by atoms with E-state index < -0.39 is 22.5 Å². The Morgan fingerprint density at radius 2 is 1.81 bits per heavy atom. The molecule has 2 amide bonds. The third-order valence-electron chi connectivity index (χ3n) is 4.63. The van der Waals surface area contributed by atoms with Gasteiger partial charge in [0.05, 0.1) is 18.2 Å². The molecule has 0 spiro atoms. The first-order chi connectivity index (χ1) is 17.2. The van der Waals surface area contributed by atoms with Crippen molar-refractivity contribution in [2.24, 2.45) is 5.10 Å². The molecule has 12 heteroatoms. The molecule has 0 atom stereocenters. The van der Waals surface area contributed by atoms with Gasteiger partial charge in [0.15, 0.2) is 0 Å². The second-order valence-electron chi connectivity index (χ2n) is 7.14. The summed E-state index contributed by atoms with van der Waals surface area (Å²) in [6.45, 7) is 1.36. The number of carbonyl (C=O) groups is 3. The summed E-state index contributed by atoms with van der Waals surface area (Å²) in [5.74, 6) is -1.99. The lowest BCUT2D eigenvalue weighted by atomic mass is 10.1. The van der Waals surface area contributed by atoms with Crippen molar-refractivity contribution in [1.82, 2.24) is 5.43 Å². The number of anilines is 1. The van der Waals surface area contributed by atoms with E-state index in [4.69, 9.17) is 21.1 Å². The van der Waals surface area contributed by atoms with Crippen LogP contribution in [-0.4, -0.2) is 36.0 Å². The number of hydrogen-bond acceptors (Lipinski definition) is 8. The summed E-state index contributed by atoms with van der Waals surface area (Å²) in [6.07, 6.45) is 1.11. The number of halogens is 1. The Labute approximate surface area is 209 Å². The maximum absolute atomic E-state index is 12.8. The van der Waals surface area contributed by atoms with Gasteiger partial charge in [-0.15, -0.1) is 0 Å². The summed E-state index contributed by atoms with van der Waals surface area (Å²) >= 11 is 5.96. The minimum atomic E-state index is -0.943. The molecule has 0 unspecified atom stereocenters. The molecule has 0 saturated carbocycles. The monoisotopic (exact) mass is 510 g/mol. The second kappa shape index (κ2) is 11.6. The predicted octanol–water partition coefficient (Wildman–Crippen LogP) is 4.20. The number of ether oxygens (including phenoxy) is 2. The van der Waals surface area contributed by atoms with E-state index in [1.807, 2.05) is 0 Å². The fourth-order valence-electron chi connectivity index (χ4n) is 3.02. The number of amides is 2. The summed E-state index contributed by atoms with van der Waals surface area (Å²) in [7, 11) is 1.35. The van der Waals surface area contributed by atoms with E-state index in [9.17, 15) is 24.5 Å². The Balaban J connectivity index is 1.83. The highest BCUT2D eigenvalue weighted by Gasteiger charge is 2.24. The molecule has 2 N–H and O–H groups in total. The fraction of sp³-hybridized carbons (Fsp3) is 0.0833. The van der Waals surface area contributed by atoms with Gasteiger partial charge in [-0.05, 0) is 48.5 Å². The van der Waals surface area contributed by atoms with Crippen LogP contribution >= 0.6 is 11.6 Å². The van der Waals surface area contributed by atoms with Crippen LogP contribution in [0.15, 0.2) is 65.8 Å². The van der Waals surface area contributed by atoms with Gasteiger partial charge in [0, 0.05) is 34.8 Å². The number of methoxy groups -OCH3 is 1. The molecule has 0 bridgehead atoms. The summed E-state index contributed by atoms with van der Waals surface area (Å²) < 4.78 is 10.5. The lowest BCUT2D eigenvalue weighted by Crippen LogP contribution is -2.18. The summed E-state index contributed by atoms with van der Waals surface area (Å²) in [6, 6.07) is 14.3. The van der Waals surface area contributed by atoms with E-state index in [0.29, 0.717) is 5.69 Å². The van der Waals surface area contributed by atoms with E-state index in [1.165, 1.54) is 56.5 Å². The number of nitrogens with zero attached hydrogens (tertiary/aromatic N) is 2. The molecule has 0 radical (unpaired) electrons. The molecule has 0 fully saturated rings. The SMILES string of the molecule is COc1ccc(Cl)cc1C(=O)Oc1c(/C=N/NC(=O)c2ccc(NC(C)=O)cc2)cccc1[N+](=O)[O-]. The average Bonchev–Trinajstić information content (AvgIpc) is 2.84. The van der Waals surface area contributed by atoms with Crippen LogP contribution in [0.1, 0.15) is 33.2 Å². The predicted molar refractivity (Wildman–Crippen MR) is 132 cm³/mol. The minimum Gasteiger partial charge on any atom is -0.496 e. The first kappa shape index (κ1) is 25.8. The summed E-state index contributed by atoms with van der Waals surface area (Å²) in [5, 5.41) is 18.2. The fourth-order valence-corrected chi connectivity index (χ4v) is 3.19. The molecule has 0 aliphatic carbocycles. The number of esters is 1. The van der Waals surface area contributed by atoms with Gasteiger partial charge in [0.1, 0.15) is 11.3 Å². The van der Waals surface area contributed by atoms with Gasteiger partial charge in [0.25, 0.3) is 5.91 Å². The molecular weight excluding hydrogens is 492 g/mol. The topological polar surface area (TPSA) is 149 Å². The van der Waals surface area contributed by atoms with E-state index in [2.05, 4.69) is 15.8 Å². The molecule has 3 aromatic carbocycles. The Hall–Kier alpha value is -4.77. The number of hydrogen-bond donors (Lipinski definition) is 2. The standard InChI is InChI=1S/C24H19ClN4O7/c1-14(30)27-18-9-6-15(7-10-18)23(31)28-26-13-16-4-3-5-20(29(33)34)22(16)36-24(32)19-12-17(25)8-11-21(19)35-2/h3-13H,1-2H3,(H,27,30)(H,28,31)/b26-13+. The number of rotatable bonds is 8. The maximum atomic E-state index is 12.8. The zero-order valence-electron chi connectivity index (χ0n) is 19.0. The largest absolute Gasteiger partial charge is 0.496 e. The number of benzene rings is 3. The molecular formula is C24H19ClN4O7. The second-order valence-corrected chi connectivity index (χ2v) is 7.58. The van der Waals surface area contributed by atoms with Gasteiger partial charge in [-0.1, -0.05) is 17.7 Å². The highest BCUT2D eigenvalue weighted by molar-refractivity contribution is 6.31. The van der Waals surface area contributed by atoms with Crippen molar-refractivity contribution >= 4 is 47.0 Å². The number of hydrazone groups is 1. The quantitative estimate of drug-likeness (QED) is 0.151. The molecule has 184 valence electrons. The van der Waals surface area contributed by atoms with Gasteiger partial charge >= 0.3 is 11.7 Å². The molecule has 0 aromatic heterocycles. The average molecular weight is 511 g/mol. The molecule has 3 aromatic rings. The highest BCUT2D eigenvalue weighted by atomic mass is 35.5. The highest BCUT2D eigenvalue weighted by Crippen LogP contribution is 2.32. The summed E-state index contributed by atoms with van der Waals surface area (Å²) in [4.78, 5) is 47.1. The molecule has 36 heavy (non-hydrogen) atoms. The van der Waals surface area contributed by atoms with Crippen molar-refractivity contribution in [3.05, 3.63) is 92.5 Å². The molecule has 3 rings (SSSR count). The molecule has 0 aliphatic heterocycles. The van der Waals surface area contributed by atoms with E-state index in [1.54, 1.807) is 12.1 Å². The van der Waals surface area contributed by atoms with E-state index in [0.717, 1.165) is 12.3 Å². The third-order valence-corrected chi connectivity index (χ3v) is 4.87. The van der Waals surface area contributed by atoms with Crippen LogP contribution in [0.25, 0.3) is 0 Å². The first-order valence-corrected chi connectivity index (χ1v) is 10.6. The van der Waals surface area contributed by atoms with E-state index in [-0.39, 0.29) is 39.1 Å². The zero-order valence-corrected chi connectivity index (χ0v) is 19.7. The molecule has 0 saturated heterocycles.